The Kier molecular flexibility index (Phi) is 6.24. The molecule has 4 nitrogen and oxygen atoms in total. The average molecular weight is 326 g/mol. The number of nitrogens with one attached hydrogen (secondary N) is 2. The number of hydrogen-bond acceptors (Lipinski definition) is 3. The van der Waals surface area contributed by atoms with E-state index in [1.54, 1.807) is 7.11 Å². The smallest absolute Gasteiger partial charge is 0.246 e. The largest absolute Gasteiger partial charge is 0.497 e. The SMILES string of the molecule is CC[C@H](C)c1ccccc1NC(=O)[C@@H](C)Nc1ccc(OC)cc1. The first-order chi connectivity index (χ1) is 11.5. The van der Waals surface area contributed by atoms with Gasteiger partial charge in [0, 0.05) is 11.4 Å². The number of carbonyl (C=O) groups excluding carboxylic acids is 1. The maximum absolute atomic E-state index is 12.5. The number of anilines is 2. The van der Waals surface area contributed by atoms with Gasteiger partial charge in [-0.25, -0.2) is 0 Å². The van der Waals surface area contributed by atoms with Crippen molar-refractivity contribution in [3.63, 3.8) is 0 Å². The maximum atomic E-state index is 12.5. The second kappa shape index (κ2) is 8.39. The minimum absolute atomic E-state index is 0.0541. The van der Waals surface area contributed by atoms with Gasteiger partial charge in [0.25, 0.3) is 0 Å². The summed E-state index contributed by atoms with van der Waals surface area (Å²) in [6.07, 6.45) is 1.03. The molecule has 0 saturated heterocycles. The summed E-state index contributed by atoms with van der Waals surface area (Å²) in [6, 6.07) is 15.2. The summed E-state index contributed by atoms with van der Waals surface area (Å²) >= 11 is 0. The van der Waals surface area contributed by atoms with Crippen molar-refractivity contribution in [2.24, 2.45) is 0 Å². The monoisotopic (exact) mass is 326 g/mol. The molecule has 0 radical (unpaired) electrons. The molecule has 0 fully saturated rings. The number of amides is 1. The number of ether oxygens (including phenoxy) is 1. The van der Waals surface area contributed by atoms with Gasteiger partial charge in [-0.3, -0.25) is 4.79 Å². The normalized spacial score (nSPS) is 13.0. The topological polar surface area (TPSA) is 50.4 Å². The molecule has 0 unspecified atom stereocenters. The summed E-state index contributed by atoms with van der Waals surface area (Å²) in [4.78, 5) is 12.5. The van der Waals surface area contributed by atoms with Gasteiger partial charge < -0.3 is 15.4 Å². The Hall–Kier alpha value is -2.49. The lowest BCUT2D eigenvalue weighted by Gasteiger charge is -2.19. The van der Waals surface area contributed by atoms with Crippen LogP contribution in [0.4, 0.5) is 11.4 Å². The number of carbonyl (C=O) groups is 1. The van der Waals surface area contributed by atoms with E-state index in [2.05, 4.69) is 30.5 Å². The predicted octanol–water partition coefficient (Wildman–Crippen LogP) is 4.65. The highest BCUT2D eigenvalue weighted by molar-refractivity contribution is 5.96. The van der Waals surface area contributed by atoms with E-state index in [-0.39, 0.29) is 11.9 Å². The third-order valence-electron chi connectivity index (χ3n) is 4.23. The summed E-state index contributed by atoms with van der Waals surface area (Å²) in [6.45, 7) is 6.17. The van der Waals surface area contributed by atoms with Crippen molar-refractivity contribution in [1.29, 1.82) is 0 Å². The van der Waals surface area contributed by atoms with Crippen LogP contribution in [0.25, 0.3) is 0 Å². The molecule has 0 saturated carbocycles. The fraction of sp³-hybridized carbons (Fsp3) is 0.350. The van der Waals surface area contributed by atoms with E-state index < -0.39 is 0 Å². The molecule has 2 atom stereocenters. The van der Waals surface area contributed by atoms with Crippen molar-refractivity contribution in [3.8, 4) is 5.75 Å². The van der Waals surface area contributed by atoms with Crippen molar-refractivity contribution < 1.29 is 9.53 Å². The van der Waals surface area contributed by atoms with Crippen LogP contribution in [0.3, 0.4) is 0 Å². The third-order valence-corrected chi connectivity index (χ3v) is 4.23. The Labute approximate surface area is 144 Å². The molecule has 0 aliphatic carbocycles. The van der Waals surface area contributed by atoms with Gasteiger partial charge >= 0.3 is 0 Å². The van der Waals surface area contributed by atoms with Crippen molar-refractivity contribution in [2.45, 2.75) is 39.2 Å². The predicted molar refractivity (Wildman–Crippen MR) is 99.9 cm³/mol. The molecule has 128 valence electrons. The zero-order valence-corrected chi connectivity index (χ0v) is 14.8. The molecule has 0 aliphatic rings. The molecule has 0 spiro atoms. The van der Waals surface area contributed by atoms with Gasteiger partial charge in [0.1, 0.15) is 11.8 Å². The zero-order valence-electron chi connectivity index (χ0n) is 14.8. The van der Waals surface area contributed by atoms with E-state index in [4.69, 9.17) is 4.74 Å². The molecule has 2 rings (SSSR count). The maximum Gasteiger partial charge on any atom is 0.246 e. The van der Waals surface area contributed by atoms with Crippen LogP contribution in [0.2, 0.25) is 0 Å². The van der Waals surface area contributed by atoms with Gasteiger partial charge in [-0.05, 0) is 55.2 Å². The molecule has 24 heavy (non-hydrogen) atoms. The first-order valence-corrected chi connectivity index (χ1v) is 8.35. The van der Waals surface area contributed by atoms with Crippen molar-refractivity contribution >= 4 is 17.3 Å². The van der Waals surface area contributed by atoms with Crippen LogP contribution in [0.5, 0.6) is 5.75 Å². The second-order valence-electron chi connectivity index (χ2n) is 5.98. The Morgan fingerprint density at radius 3 is 2.38 bits per heavy atom. The zero-order chi connectivity index (χ0) is 17.5. The molecule has 2 aromatic carbocycles. The first kappa shape index (κ1) is 17.9. The van der Waals surface area contributed by atoms with Gasteiger partial charge in [-0.2, -0.15) is 0 Å². The summed E-state index contributed by atoms with van der Waals surface area (Å²) in [7, 11) is 1.63. The Bertz CT molecular complexity index is 668. The molecule has 0 bridgehead atoms. The second-order valence-corrected chi connectivity index (χ2v) is 5.98. The minimum atomic E-state index is -0.344. The summed E-state index contributed by atoms with van der Waals surface area (Å²) < 4.78 is 5.14. The number of benzene rings is 2. The van der Waals surface area contributed by atoms with E-state index in [0.29, 0.717) is 5.92 Å². The van der Waals surface area contributed by atoms with Crippen LogP contribution >= 0.6 is 0 Å². The lowest BCUT2D eigenvalue weighted by Crippen LogP contribution is -2.32. The van der Waals surface area contributed by atoms with Crippen LogP contribution in [-0.2, 0) is 4.79 Å². The average Bonchev–Trinajstić information content (AvgIpc) is 2.62. The Balaban J connectivity index is 2.03. The summed E-state index contributed by atoms with van der Waals surface area (Å²) in [5, 5.41) is 6.25. The lowest BCUT2D eigenvalue weighted by atomic mass is 9.97. The van der Waals surface area contributed by atoms with Crippen molar-refractivity contribution in [2.75, 3.05) is 17.7 Å². The molecular formula is C20H26N2O2. The van der Waals surface area contributed by atoms with Crippen LogP contribution in [0, 0.1) is 0 Å². The third kappa shape index (κ3) is 4.51. The van der Waals surface area contributed by atoms with Crippen LogP contribution in [0.15, 0.2) is 48.5 Å². The van der Waals surface area contributed by atoms with Crippen LogP contribution in [0.1, 0.15) is 38.7 Å². The van der Waals surface area contributed by atoms with Crippen LogP contribution in [-0.4, -0.2) is 19.1 Å². The molecular weight excluding hydrogens is 300 g/mol. The Morgan fingerprint density at radius 2 is 1.75 bits per heavy atom. The fourth-order valence-corrected chi connectivity index (χ4v) is 2.50. The standard InChI is InChI=1S/C20H26N2O2/c1-5-14(2)18-8-6-7-9-19(18)22-20(23)15(3)21-16-10-12-17(24-4)13-11-16/h6-15,21H,5H2,1-4H3,(H,22,23)/t14-,15+/m0/s1. The molecule has 0 aromatic heterocycles. The molecule has 0 aliphatic heterocycles. The van der Waals surface area contributed by atoms with Crippen molar-refractivity contribution in [3.05, 3.63) is 54.1 Å². The highest BCUT2D eigenvalue weighted by Crippen LogP contribution is 2.26. The molecule has 2 N–H and O–H groups in total. The van der Waals surface area contributed by atoms with Crippen molar-refractivity contribution in [1.82, 2.24) is 0 Å². The Morgan fingerprint density at radius 1 is 1.08 bits per heavy atom. The minimum Gasteiger partial charge on any atom is -0.497 e. The lowest BCUT2D eigenvalue weighted by molar-refractivity contribution is -0.116. The van der Waals surface area contributed by atoms with E-state index in [1.807, 2.05) is 49.4 Å². The summed E-state index contributed by atoms with van der Waals surface area (Å²) in [5.41, 5.74) is 2.94. The van der Waals surface area contributed by atoms with E-state index in [0.717, 1.165) is 23.5 Å². The molecule has 1 amide bonds. The van der Waals surface area contributed by atoms with Crippen LogP contribution < -0.4 is 15.4 Å². The highest BCUT2D eigenvalue weighted by atomic mass is 16.5. The molecule has 0 heterocycles. The molecule has 2 aromatic rings. The number of rotatable bonds is 7. The number of hydrogen-bond donors (Lipinski definition) is 2. The number of para-hydroxylation sites is 1. The van der Waals surface area contributed by atoms with E-state index >= 15 is 0 Å². The first-order valence-electron chi connectivity index (χ1n) is 8.35. The fourth-order valence-electron chi connectivity index (χ4n) is 2.50. The van der Waals surface area contributed by atoms with Gasteiger partial charge in [-0.1, -0.05) is 32.0 Å². The van der Waals surface area contributed by atoms with E-state index in [1.165, 1.54) is 5.56 Å². The molecule has 4 heteroatoms. The number of methoxy groups -OCH3 is 1. The van der Waals surface area contributed by atoms with Gasteiger partial charge in [0.05, 0.1) is 7.11 Å². The summed E-state index contributed by atoms with van der Waals surface area (Å²) in [5.74, 6) is 1.15. The highest BCUT2D eigenvalue weighted by Gasteiger charge is 2.16. The van der Waals surface area contributed by atoms with Gasteiger partial charge in [-0.15, -0.1) is 0 Å². The van der Waals surface area contributed by atoms with Gasteiger partial charge in [0.2, 0.25) is 5.91 Å². The van der Waals surface area contributed by atoms with E-state index in [9.17, 15) is 4.79 Å². The quantitative estimate of drug-likeness (QED) is 0.779. The van der Waals surface area contributed by atoms with Gasteiger partial charge in [0.15, 0.2) is 0 Å².